The Balaban J connectivity index is 2.57. The average molecular weight is 257 g/mol. The maximum Gasteiger partial charge on any atom is 0.209 e. The van der Waals surface area contributed by atoms with E-state index in [2.05, 4.69) is 0 Å². The highest BCUT2D eigenvalue weighted by Crippen LogP contribution is 2.16. The summed E-state index contributed by atoms with van der Waals surface area (Å²) in [5.74, 6) is 0.812. The summed E-state index contributed by atoms with van der Waals surface area (Å²) in [6.45, 7) is 4.28. The average Bonchev–Trinajstić information content (AvgIpc) is 2.24. The molecule has 96 valence electrons. The Morgan fingerprint density at radius 1 is 1.24 bits per heavy atom. The predicted molar refractivity (Wildman–Crippen MR) is 68.2 cm³/mol. The van der Waals surface area contributed by atoms with Gasteiger partial charge in [-0.05, 0) is 18.1 Å². The van der Waals surface area contributed by atoms with E-state index in [-0.39, 0.29) is 17.6 Å². The molecule has 0 spiro atoms. The predicted octanol–water partition coefficient (Wildman–Crippen LogP) is 1.63. The minimum atomic E-state index is -3.45. The summed E-state index contributed by atoms with van der Waals surface area (Å²) < 4.78 is 27.7. The number of rotatable bonds is 6. The molecule has 1 aromatic rings. The van der Waals surface area contributed by atoms with Crippen LogP contribution in [0.15, 0.2) is 30.3 Å². The number of hydrogen-bond acceptors (Lipinski definition) is 3. The smallest absolute Gasteiger partial charge is 0.209 e. The van der Waals surface area contributed by atoms with Crippen LogP contribution in [0.25, 0.3) is 0 Å². The number of benzene rings is 1. The monoisotopic (exact) mass is 257 g/mol. The summed E-state index contributed by atoms with van der Waals surface area (Å²) in [7, 11) is -3.45. The van der Waals surface area contributed by atoms with Crippen LogP contribution in [0.3, 0.4) is 0 Å². The van der Waals surface area contributed by atoms with E-state index >= 15 is 0 Å². The SMILES string of the molecule is CC(C)C(COc1ccccc1)CS(N)(=O)=O. The molecule has 17 heavy (non-hydrogen) atoms. The molecule has 0 amide bonds. The van der Waals surface area contributed by atoms with Crippen LogP contribution in [-0.2, 0) is 10.0 Å². The van der Waals surface area contributed by atoms with Crippen LogP contribution in [0.1, 0.15) is 13.8 Å². The van der Waals surface area contributed by atoms with Gasteiger partial charge in [0.15, 0.2) is 0 Å². The van der Waals surface area contributed by atoms with Gasteiger partial charge in [0.25, 0.3) is 0 Å². The zero-order valence-electron chi connectivity index (χ0n) is 10.2. The molecule has 4 nitrogen and oxygen atoms in total. The molecule has 0 saturated carbocycles. The lowest BCUT2D eigenvalue weighted by Gasteiger charge is -2.20. The third-order valence-electron chi connectivity index (χ3n) is 2.60. The minimum Gasteiger partial charge on any atom is -0.493 e. The summed E-state index contributed by atoms with van der Waals surface area (Å²) in [6, 6.07) is 9.33. The number of nitrogens with two attached hydrogens (primary N) is 1. The summed E-state index contributed by atoms with van der Waals surface area (Å²) in [5, 5.41) is 5.06. The number of sulfonamides is 1. The Bertz CT molecular complexity index is 428. The Kier molecular flexibility index (Phi) is 4.96. The molecule has 1 atom stereocenters. The Hall–Kier alpha value is -1.07. The van der Waals surface area contributed by atoms with Crippen molar-refractivity contribution in [3.05, 3.63) is 30.3 Å². The molecule has 0 bridgehead atoms. The topological polar surface area (TPSA) is 69.4 Å². The number of para-hydroxylation sites is 1. The van der Waals surface area contributed by atoms with E-state index in [0.717, 1.165) is 5.75 Å². The van der Waals surface area contributed by atoms with Gasteiger partial charge in [-0.25, -0.2) is 13.6 Å². The first-order valence-corrected chi connectivity index (χ1v) is 7.28. The quantitative estimate of drug-likeness (QED) is 0.842. The third-order valence-corrected chi connectivity index (χ3v) is 3.49. The maximum absolute atomic E-state index is 11.1. The first-order valence-electron chi connectivity index (χ1n) is 5.57. The second-order valence-corrected chi connectivity index (χ2v) is 6.12. The lowest BCUT2D eigenvalue weighted by atomic mass is 9.99. The molecule has 0 aliphatic carbocycles. The number of primary sulfonamides is 1. The van der Waals surface area contributed by atoms with Gasteiger partial charge < -0.3 is 4.74 Å². The van der Waals surface area contributed by atoms with Gasteiger partial charge in [-0.3, -0.25) is 0 Å². The molecule has 0 fully saturated rings. The van der Waals surface area contributed by atoms with Crippen molar-refractivity contribution in [3.8, 4) is 5.75 Å². The molecule has 0 saturated heterocycles. The van der Waals surface area contributed by atoms with E-state index in [1.54, 1.807) is 0 Å². The fourth-order valence-corrected chi connectivity index (χ4v) is 2.53. The van der Waals surface area contributed by atoms with Crippen molar-refractivity contribution in [2.45, 2.75) is 13.8 Å². The Labute approximate surface area is 103 Å². The molecular weight excluding hydrogens is 238 g/mol. The van der Waals surface area contributed by atoms with Gasteiger partial charge in [0.1, 0.15) is 5.75 Å². The second kappa shape index (κ2) is 6.02. The largest absolute Gasteiger partial charge is 0.493 e. The van der Waals surface area contributed by atoms with Crippen LogP contribution >= 0.6 is 0 Å². The Morgan fingerprint density at radius 3 is 2.29 bits per heavy atom. The van der Waals surface area contributed by atoms with Crippen molar-refractivity contribution in [2.75, 3.05) is 12.4 Å². The molecule has 0 aromatic heterocycles. The van der Waals surface area contributed by atoms with E-state index in [1.807, 2.05) is 44.2 Å². The fraction of sp³-hybridized carbons (Fsp3) is 0.500. The fourth-order valence-electron chi connectivity index (χ4n) is 1.45. The highest BCUT2D eigenvalue weighted by molar-refractivity contribution is 7.89. The van der Waals surface area contributed by atoms with Crippen LogP contribution in [-0.4, -0.2) is 20.8 Å². The second-order valence-electron chi connectivity index (χ2n) is 4.46. The standard InChI is InChI=1S/C12H19NO3S/c1-10(2)11(9-17(13,14)15)8-16-12-6-4-3-5-7-12/h3-7,10-11H,8-9H2,1-2H3,(H2,13,14,15). The van der Waals surface area contributed by atoms with E-state index in [4.69, 9.17) is 9.88 Å². The van der Waals surface area contributed by atoms with Crippen molar-refractivity contribution in [3.63, 3.8) is 0 Å². The molecule has 1 rings (SSSR count). The molecule has 0 heterocycles. The molecule has 0 radical (unpaired) electrons. The third kappa shape index (κ3) is 5.70. The van der Waals surface area contributed by atoms with Crippen LogP contribution < -0.4 is 9.88 Å². The lowest BCUT2D eigenvalue weighted by Crippen LogP contribution is -2.30. The Morgan fingerprint density at radius 2 is 1.82 bits per heavy atom. The van der Waals surface area contributed by atoms with Crippen LogP contribution in [0.5, 0.6) is 5.75 Å². The zero-order valence-corrected chi connectivity index (χ0v) is 11.0. The van der Waals surface area contributed by atoms with Crippen molar-refractivity contribution in [1.29, 1.82) is 0 Å². The van der Waals surface area contributed by atoms with Gasteiger partial charge >= 0.3 is 0 Å². The van der Waals surface area contributed by atoms with E-state index in [9.17, 15) is 8.42 Å². The molecule has 1 aromatic carbocycles. The van der Waals surface area contributed by atoms with Crippen LogP contribution in [0.2, 0.25) is 0 Å². The van der Waals surface area contributed by atoms with Crippen molar-refractivity contribution < 1.29 is 13.2 Å². The van der Waals surface area contributed by atoms with Gasteiger partial charge in [-0.15, -0.1) is 0 Å². The molecule has 1 unspecified atom stereocenters. The van der Waals surface area contributed by atoms with E-state index < -0.39 is 10.0 Å². The van der Waals surface area contributed by atoms with Crippen LogP contribution in [0.4, 0.5) is 0 Å². The molecule has 5 heteroatoms. The minimum absolute atomic E-state index is 0.0441. The summed E-state index contributed by atoms with van der Waals surface area (Å²) >= 11 is 0. The molecule has 0 aliphatic heterocycles. The van der Waals surface area contributed by atoms with Gasteiger partial charge in [-0.2, -0.15) is 0 Å². The van der Waals surface area contributed by atoms with Crippen LogP contribution in [0, 0.1) is 11.8 Å². The van der Waals surface area contributed by atoms with Gasteiger partial charge in [0.05, 0.1) is 12.4 Å². The number of ether oxygens (including phenoxy) is 1. The van der Waals surface area contributed by atoms with Crippen molar-refractivity contribution >= 4 is 10.0 Å². The normalized spacial score (nSPS) is 13.6. The molecular formula is C12H19NO3S. The van der Waals surface area contributed by atoms with Gasteiger partial charge in [-0.1, -0.05) is 32.0 Å². The summed E-state index contributed by atoms with van der Waals surface area (Å²) in [5.41, 5.74) is 0. The highest BCUT2D eigenvalue weighted by Gasteiger charge is 2.20. The first kappa shape index (κ1) is 14.0. The summed E-state index contributed by atoms with van der Waals surface area (Å²) in [6.07, 6.45) is 0. The van der Waals surface area contributed by atoms with Gasteiger partial charge in [0, 0.05) is 5.92 Å². The molecule has 0 aliphatic rings. The van der Waals surface area contributed by atoms with Gasteiger partial charge in [0.2, 0.25) is 10.0 Å². The van der Waals surface area contributed by atoms with E-state index in [1.165, 1.54) is 0 Å². The maximum atomic E-state index is 11.1. The first-order chi connectivity index (χ1) is 7.88. The molecule has 2 N–H and O–H groups in total. The lowest BCUT2D eigenvalue weighted by molar-refractivity contribution is 0.225. The van der Waals surface area contributed by atoms with Crippen molar-refractivity contribution in [1.82, 2.24) is 0 Å². The summed E-state index contributed by atoms with van der Waals surface area (Å²) in [4.78, 5) is 0. The van der Waals surface area contributed by atoms with E-state index in [0.29, 0.717) is 6.61 Å². The van der Waals surface area contributed by atoms with Crippen molar-refractivity contribution in [2.24, 2.45) is 17.0 Å². The highest BCUT2D eigenvalue weighted by atomic mass is 32.2. The zero-order chi connectivity index (χ0) is 12.9. The number of hydrogen-bond donors (Lipinski definition) is 1.